The zero-order valence-electron chi connectivity index (χ0n) is 17.7. The molecule has 0 saturated carbocycles. The molecular weight excluding hydrogens is 413 g/mol. The number of hydrogen-bond donors (Lipinski definition) is 2. The molecule has 0 atom stereocenters. The summed E-state index contributed by atoms with van der Waals surface area (Å²) in [4.78, 5) is 31.4. The minimum Gasteiger partial charge on any atom is -0.343 e. The smallest absolute Gasteiger partial charge is 0.273 e. The standard InChI is InChI=1S/C20H31N5O2.2ClH/c1-13-16(14(2)22-19-18(13)20(27)23-24(19)4)5-6-17(26)25-11-8-15(9-12-25)7-10-21-3;;/h15,21H,5-12H2,1-4H3,(H,23,27);2*1H. The molecule has 0 bridgehead atoms. The summed E-state index contributed by atoms with van der Waals surface area (Å²) in [5.41, 5.74) is 3.42. The molecule has 0 radical (unpaired) electrons. The van der Waals surface area contributed by atoms with E-state index in [1.807, 2.05) is 25.8 Å². The number of H-pyrrole nitrogens is 1. The summed E-state index contributed by atoms with van der Waals surface area (Å²) >= 11 is 0. The highest BCUT2D eigenvalue weighted by Crippen LogP contribution is 2.23. The Morgan fingerprint density at radius 3 is 2.52 bits per heavy atom. The van der Waals surface area contributed by atoms with Crippen molar-refractivity contribution >= 4 is 41.8 Å². The number of rotatable bonds is 6. The van der Waals surface area contributed by atoms with Crippen molar-refractivity contribution in [2.45, 2.75) is 46.0 Å². The minimum atomic E-state index is -0.117. The van der Waals surface area contributed by atoms with E-state index in [-0.39, 0.29) is 36.3 Å². The third-order valence-electron chi connectivity index (χ3n) is 5.93. The number of pyridine rings is 1. The van der Waals surface area contributed by atoms with E-state index in [0.29, 0.717) is 23.9 Å². The average Bonchev–Trinajstić information content (AvgIpc) is 2.93. The average molecular weight is 446 g/mol. The van der Waals surface area contributed by atoms with Gasteiger partial charge in [0.25, 0.3) is 5.56 Å². The first-order valence-electron chi connectivity index (χ1n) is 9.89. The van der Waals surface area contributed by atoms with Crippen molar-refractivity contribution in [1.29, 1.82) is 0 Å². The fraction of sp³-hybridized carbons (Fsp3) is 0.650. The van der Waals surface area contributed by atoms with Gasteiger partial charge >= 0.3 is 0 Å². The van der Waals surface area contributed by atoms with Gasteiger partial charge in [-0.05, 0) is 70.2 Å². The van der Waals surface area contributed by atoms with Gasteiger partial charge in [-0.15, -0.1) is 24.8 Å². The van der Waals surface area contributed by atoms with Crippen molar-refractivity contribution < 1.29 is 4.79 Å². The molecule has 1 aliphatic rings. The van der Waals surface area contributed by atoms with Crippen LogP contribution in [-0.4, -0.2) is 52.3 Å². The maximum Gasteiger partial charge on any atom is 0.273 e. The van der Waals surface area contributed by atoms with Crippen LogP contribution in [0.25, 0.3) is 11.0 Å². The van der Waals surface area contributed by atoms with Gasteiger partial charge in [0.2, 0.25) is 5.91 Å². The highest BCUT2D eigenvalue weighted by molar-refractivity contribution is 5.85. The van der Waals surface area contributed by atoms with Gasteiger partial charge in [0, 0.05) is 32.3 Å². The molecule has 29 heavy (non-hydrogen) atoms. The summed E-state index contributed by atoms with van der Waals surface area (Å²) in [6.07, 6.45) is 4.49. The number of aromatic amines is 1. The predicted molar refractivity (Wildman–Crippen MR) is 121 cm³/mol. The number of nitrogens with zero attached hydrogens (tertiary/aromatic N) is 3. The molecule has 3 rings (SSSR count). The van der Waals surface area contributed by atoms with Gasteiger partial charge in [-0.25, -0.2) is 4.98 Å². The molecule has 1 amide bonds. The number of aromatic nitrogens is 3. The summed E-state index contributed by atoms with van der Waals surface area (Å²) in [5.74, 6) is 0.935. The lowest BCUT2D eigenvalue weighted by molar-refractivity contribution is -0.132. The van der Waals surface area contributed by atoms with E-state index in [2.05, 4.69) is 15.4 Å². The van der Waals surface area contributed by atoms with Crippen LogP contribution in [0.5, 0.6) is 0 Å². The van der Waals surface area contributed by atoms with Crippen LogP contribution in [0.1, 0.15) is 42.5 Å². The van der Waals surface area contributed by atoms with Gasteiger partial charge in [-0.3, -0.25) is 19.4 Å². The number of carbonyl (C=O) groups is 1. The predicted octanol–water partition coefficient (Wildman–Crippen LogP) is 2.50. The number of fused-ring (bicyclic) bond motifs is 1. The van der Waals surface area contributed by atoms with E-state index < -0.39 is 0 Å². The fourth-order valence-electron chi connectivity index (χ4n) is 4.23. The molecule has 0 aliphatic carbocycles. The molecule has 0 spiro atoms. The molecule has 3 heterocycles. The Kier molecular flexibility index (Phi) is 9.65. The maximum atomic E-state index is 12.7. The summed E-state index contributed by atoms with van der Waals surface area (Å²) in [6, 6.07) is 0. The second kappa shape index (κ2) is 11.0. The Morgan fingerprint density at radius 2 is 1.90 bits per heavy atom. The van der Waals surface area contributed by atoms with Gasteiger partial charge < -0.3 is 10.2 Å². The Balaban J connectivity index is 0.00000210. The van der Waals surface area contributed by atoms with Crippen LogP contribution in [0, 0.1) is 19.8 Å². The van der Waals surface area contributed by atoms with Crippen LogP contribution in [-0.2, 0) is 18.3 Å². The van der Waals surface area contributed by atoms with Gasteiger partial charge in [0.15, 0.2) is 5.65 Å². The van der Waals surface area contributed by atoms with Crippen molar-refractivity contribution in [3.05, 3.63) is 27.2 Å². The Bertz CT molecular complexity index is 885. The molecule has 7 nitrogen and oxygen atoms in total. The van der Waals surface area contributed by atoms with E-state index in [0.717, 1.165) is 55.2 Å². The lowest BCUT2D eigenvalue weighted by Crippen LogP contribution is -2.39. The Labute approximate surface area is 184 Å². The molecular formula is C20H33Cl2N5O2. The lowest BCUT2D eigenvalue weighted by Gasteiger charge is -2.32. The number of amides is 1. The molecule has 2 N–H and O–H groups in total. The van der Waals surface area contributed by atoms with Crippen molar-refractivity contribution in [1.82, 2.24) is 25.0 Å². The monoisotopic (exact) mass is 445 g/mol. The molecule has 1 saturated heterocycles. The number of carbonyl (C=O) groups excluding carboxylic acids is 1. The van der Waals surface area contributed by atoms with E-state index in [1.165, 1.54) is 6.42 Å². The minimum absolute atomic E-state index is 0. The SMILES string of the molecule is CNCCC1CCN(C(=O)CCc2c(C)nc3c(c2C)c(=O)[nH]n3C)CC1.Cl.Cl. The third kappa shape index (κ3) is 5.53. The quantitative estimate of drug-likeness (QED) is 0.715. The maximum absolute atomic E-state index is 12.7. The lowest BCUT2D eigenvalue weighted by atomic mass is 9.93. The molecule has 164 valence electrons. The van der Waals surface area contributed by atoms with Crippen LogP contribution >= 0.6 is 24.8 Å². The normalized spacial score (nSPS) is 14.6. The van der Waals surface area contributed by atoms with Crippen LogP contribution in [0.2, 0.25) is 0 Å². The van der Waals surface area contributed by atoms with E-state index in [4.69, 9.17) is 0 Å². The van der Waals surface area contributed by atoms with Gasteiger partial charge in [0.05, 0.1) is 5.39 Å². The number of halogens is 2. The highest BCUT2D eigenvalue weighted by Gasteiger charge is 2.23. The van der Waals surface area contributed by atoms with E-state index in [1.54, 1.807) is 11.7 Å². The van der Waals surface area contributed by atoms with Crippen LogP contribution in [0.15, 0.2) is 4.79 Å². The Hall–Kier alpha value is -1.57. The molecule has 2 aromatic rings. The number of hydrogen-bond acceptors (Lipinski definition) is 4. The molecule has 1 aliphatic heterocycles. The molecule has 0 aromatic carbocycles. The molecule has 1 fully saturated rings. The summed E-state index contributed by atoms with van der Waals surface area (Å²) in [6.45, 7) is 6.68. The van der Waals surface area contributed by atoms with Crippen LogP contribution in [0.3, 0.4) is 0 Å². The second-order valence-electron chi connectivity index (χ2n) is 7.72. The first-order valence-corrected chi connectivity index (χ1v) is 9.89. The third-order valence-corrected chi connectivity index (χ3v) is 5.93. The largest absolute Gasteiger partial charge is 0.343 e. The van der Waals surface area contributed by atoms with Crippen molar-refractivity contribution in [2.75, 3.05) is 26.7 Å². The molecule has 2 aromatic heterocycles. The summed E-state index contributed by atoms with van der Waals surface area (Å²) < 4.78 is 1.66. The van der Waals surface area contributed by atoms with Crippen molar-refractivity contribution in [2.24, 2.45) is 13.0 Å². The van der Waals surface area contributed by atoms with Gasteiger partial charge in [0.1, 0.15) is 0 Å². The summed E-state index contributed by atoms with van der Waals surface area (Å²) in [7, 11) is 3.77. The van der Waals surface area contributed by atoms with E-state index in [9.17, 15) is 9.59 Å². The topological polar surface area (TPSA) is 83.0 Å². The zero-order chi connectivity index (χ0) is 19.6. The van der Waals surface area contributed by atoms with Crippen molar-refractivity contribution in [3.63, 3.8) is 0 Å². The fourth-order valence-corrected chi connectivity index (χ4v) is 4.23. The van der Waals surface area contributed by atoms with Gasteiger partial charge in [-0.1, -0.05) is 0 Å². The number of likely N-dealkylation sites (tertiary alicyclic amines) is 1. The second-order valence-corrected chi connectivity index (χ2v) is 7.72. The van der Waals surface area contributed by atoms with Crippen LogP contribution in [0.4, 0.5) is 0 Å². The van der Waals surface area contributed by atoms with Crippen molar-refractivity contribution in [3.8, 4) is 0 Å². The first-order chi connectivity index (χ1) is 12.9. The zero-order valence-corrected chi connectivity index (χ0v) is 19.3. The van der Waals surface area contributed by atoms with Crippen LogP contribution < -0.4 is 10.9 Å². The van der Waals surface area contributed by atoms with E-state index >= 15 is 0 Å². The Morgan fingerprint density at radius 1 is 1.24 bits per heavy atom. The van der Waals surface area contributed by atoms with Gasteiger partial charge in [-0.2, -0.15) is 0 Å². The first kappa shape index (κ1) is 25.5. The number of aryl methyl sites for hydroxylation is 3. The number of nitrogens with one attached hydrogen (secondary N) is 2. The molecule has 9 heteroatoms. The summed E-state index contributed by atoms with van der Waals surface area (Å²) in [5, 5.41) is 6.60. The molecule has 0 unspecified atom stereocenters. The number of piperidine rings is 1. The highest BCUT2D eigenvalue weighted by atomic mass is 35.5.